The minimum absolute atomic E-state index is 1.05. The molecule has 13 heavy (non-hydrogen) atoms. The number of hydrogen-bond acceptors (Lipinski definition) is 2. The number of hydrazone groups is 1. The van der Waals surface area contributed by atoms with E-state index >= 15 is 0 Å². The quantitative estimate of drug-likeness (QED) is 0.384. The molecule has 0 saturated heterocycles. The van der Waals surface area contributed by atoms with Gasteiger partial charge in [0.2, 0.25) is 0 Å². The van der Waals surface area contributed by atoms with E-state index < -0.39 is 0 Å². The molecule has 0 amide bonds. The van der Waals surface area contributed by atoms with Crippen LogP contribution in [0.1, 0.15) is 6.92 Å². The number of hydrogen-bond donors (Lipinski definition) is 0. The van der Waals surface area contributed by atoms with Crippen LogP contribution in [0, 0.1) is 0 Å². The first-order valence-corrected chi connectivity index (χ1v) is 4.08. The fourth-order valence-corrected chi connectivity index (χ4v) is 0.725. The largest absolute Gasteiger partial charge is 0.269 e. The predicted octanol–water partition coefficient (Wildman–Crippen LogP) is 2.93. The van der Waals surface area contributed by atoms with Crippen molar-refractivity contribution in [3.63, 3.8) is 0 Å². The minimum Gasteiger partial charge on any atom is -0.269 e. The van der Waals surface area contributed by atoms with E-state index in [2.05, 4.69) is 18.4 Å². The molecule has 1 aromatic rings. The van der Waals surface area contributed by atoms with Gasteiger partial charge in [-0.25, -0.2) is 0 Å². The summed E-state index contributed by atoms with van der Waals surface area (Å²) in [6.45, 7) is 8.66. The Morgan fingerprint density at radius 1 is 1.31 bits per heavy atom. The summed E-state index contributed by atoms with van der Waals surface area (Å²) in [7, 11) is 1.86. The molecule has 0 aliphatic heterocycles. The maximum Gasteiger partial charge on any atom is 0.0590 e. The summed E-state index contributed by atoms with van der Waals surface area (Å²) in [6, 6.07) is 9.87. The summed E-state index contributed by atoms with van der Waals surface area (Å²) in [5.74, 6) is 0. The maximum atomic E-state index is 3.74. The molecule has 0 aliphatic rings. The molecule has 0 heterocycles. The van der Waals surface area contributed by atoms with Crippen molar-refractivity contribution in [2.24, 2.45) is 5.10 Å². The lowest BCUT2D eigenvalue weighted by Crippen LogP contribution is -2.06. The highest BCUT2D eigenvalue weighted by Gasteiger charge is 1.91. The second kappa shape index (κ2) is 7.10. The van der Waals surface area contributed by atoms with Gasteiger partial charge >= 0.3 is 0 Å². The highest BCUT2D eigenvalue weighted by Crippen LogP contribution is 2.09. The van der Waals surface area contributed by atoms with Gasteiger partial charge in [0, 0.05) is 13.8 Å². The van der Waals surface area contributed by atoms with E-state index in [1.165, 1.54) is 0 Å². The number of allylic oxidation sites excluding steroid dienone is 1. The number of rotatable bonds is 2. The molecule has 2 nitrogen and oxygen atoms in total. The van der Waals surface area contributed by atoms with Crippen LogP contribution in [0.15, 0.2) is 48.1 Å². The van der Waals surface area contributed by atoms with Gasteiger partial charge in [-0.1, -0.05) is 24.3 Å². The van der Waals surface area contributed by atoms with Crippen molar-refractivity contribution in [1.29, 1.82) is 0 Å². The Balaban J connectivity index is 0.000000424. The molecule has 0 saturated carbocycles. The maximum absolute atomic E-state index is 3.74. The zero-order valence-corrected chi connectivity index (χ0v) is 8.27. The van der Waals surface area contributed by atoms with Crippen molar-refractivity contribution in [3.05, 3.63) is 43.0 Å². The van der Waals surface area contributed by atoms with Crippen molar-refractivity contribution in [1.82, 2.24) is 0 Å². The van der Waals surface area contributed by atoms with Crippen LogP contribution in [0.25, 0.3) is 0 Å². The van der Waals surface area contributed by atoms with Crippen molar-refractivity contribution >= 4 is 12.4 Å². The predicted molar refractivity (Wildman–Crippen MR) is 60.3 cm³/mol. The third-order valence-corrected chi connectivity index (χ3v) is 1.34. The van der Waals surface area contributed by atoms with Gasteiger partial charge in [-0.3, -0.25) is 5.01 Å². The van der Waals surface area contributed by atoms with Crippen LogP contribution in [-0.2, 0) is 0 Å². The first-order chi connectivity index (χ1) is 6.26. The van der Waals surface area contributed by atoms with Crippen LogP contribution in [-0.4, -0.2) is 13.8 Å². The molecule has 0 fully saturated rings. The second-order valence-corrected chi connectivity index (χ2v) is 2.41. The monoisotopic (exact) mass is 176 g/mol. The molecule has 1 aromatic carbocycles. The summed E-state index contributed by atoms with van der Waals surface area (Å²) in [4.78, 5) is 0. The van der Waals surface area contributed by atoms with Crippen molar-refractivity contribution in [3.8, 4) is 0 Å². The Labute approximate surface area is 80.2 Å². The SMILES string of the molecule is C=CC.C=NN(C)c1ccccc1. The number of anilines is 1. The number of benzene rings is 1. The molecule has 0 unspecified atom stereocenters. The van der Waals surface area contributed by atoms with Crippen molar-refractivity contribution < 1.29 is 0 Å². The van der Waals surface area contributed by atoms with E-state index in [1.807, 2.05) is 44.3 Å². The molecule has 0 atom stereocenters. The molecular formula is C11H16N2. The molecule has 2 heteroatoms. The zero-order valence-electron chi connectivity index (χ0n) is 8.27. The average Bonchev–Trinajstić information content (AvgIpc) is 2.19. The lowest BCUT2D eigenvalue weighted by atomic mass is 10.3. The summed E-state index contributed by atoms with van der Waals surface area (Å²) in [6.07, 6.45) is 1.75. The molecule has 0 radical (unpaired) electrons. The Morgan fingerprint density at radius 3 is 2.15 bits per heavy atom. The van der Waals surface area contributed by atoms with E-state index in [9.17, 15) is 0 Å². The highest BCUT2D eigenvalue weighted by molar-refractivity contribution is 5.46. The van der Waals surface area contributed by atoms with Crippen molar-refractivity contribution in [2.75, 3.05) is 12.1 Å². The van der Waals surface area contributed by atoms with E-state index in [4.69, 9.17) is 0 Å². The van der Waals surface area contributed by atoms with Gasteiger partial charge in [0.1, 0.15) is 0 Å². The molecule has 0 aliphatic carbocycles. The Morgan fingerprint density at radius 2 is 1.77 bits per heavy atom. The first kappa shape index (κ1) is 11.4. The van der Waals surface area contributed by atoms with E-state index in [1.54, 1.807) is 11.1 Å². The van der Waals surface area contributed by atoms with Crippen LogP contribution < -0.4 is 5.01 Å². The van der Waals surface area contributed by atoms with Gasteiger partial charge < -0.3 is 0 Å². The van der Waals surface area contributed by atoms with Gasteiger partial charge in [0.25, 0.3) is 0 Å². The lowest BCUT2D eigenvalue weighted by molar-refractivity contribution is 1.03. The van der Waals surface area contributed by atoms with E-state index in [0.29, 0.717) is 0 Å². The lowest BCUT2D eigenvalue weighted by Gasteiger charge is -2.10. The summed E-state index contributed by atoms with van der Waals surface area (Å²) in [5.41, 5.74) is 1.05. The topological polar surface area (TPSA) is 15.6 Å². The highest BCUT2D eigenvalue weighted by atomic mass is 15.4. The van der Waals surface area contributed by atoms with Gasteiger partial charge in [-0.2, -0.15) is 5.10 Å². The van der Waals surface area contributed by atoms with Crippen LogP contribution in [0.5, 0.6) is 0 Å². The van der Waals surface area contributed by atoms with Crippen LogP contribution in [0.3, 0.4) is 0 Å². The standard InChI is InChI=1S/C8H10N2.C3H6/c1-9-10(2)8-6-4-3-5-7-8;1-3-2/h3-7H,1H2,2H3;3H,1H2,2H3. The Hall–Kier alpha value is -1.57. The van der Waals surface area contributed by atoms with Gasteiger partial charge in [-0.05, 0) is 19.1 Å². The van der Waals surface area contributed by atoms with Gasteiger partial charge in [-0.15, -0.1) is 6.58 Å². The molecule has 1 rings (SSSR count). The van der Waals surface area contributed by atoms with Crippen LogP contribution in [0.2, 0.25) is 0 Å². The third-order valence-electron chi connectivity index (χ3n) is 1.34. The molecule has 0 aromatic heterocycles. The summed E-state index contributed by atoms with van der Waals surface area (Å²) < 4.78 is 0. The second-order valence-electron chi connectivity index (χ2n) is 2.41. The summed E-state index contributed by atoms with van der Waals surface area (Å²) >= 11 is 0. The number of para-hydroxylation sites is 1. The van der Waals surface area contributed by atoms with Gasteiger partial charge in [0.15, 0.2) is 0 Å². The molecule has 0 bridgehead atoms. The fraction of sp³-hybridized carbons (Fsp3) is 0.182. The zero-order chi connectivity index (χ0) is 10.1. The fourth-order valence-electron chi connectivity index (χ4n) is 0.725. The third kappa shape index (κ3) is 4.80. The average molecular weight is 176 g/mol. The number of nitrogens with zero attached hydrogens (tertiary/aromatic N) is 2. The molecule has 70 valence electrons. The molecular weight excluding hydrogens is 160 g/mol. The molecule has 0 N–H and O–H groups in total. The normalized spacial score (nSPS) is 7.85. The van der Waals surface area contributed by atoms with Gasteiger partial charge in [0.05, 0.1) is 5.69 Å². The van der Waals surface area contributed by atoms with Crippen LogP contribution in [0.4, 0.5) is 5.69 Å². The molecule has 0 spiro atoms. The Bertz CT molecular complexity index is 242. The van der Waals surface area contributed by atoms with Crippen molar-refractivity contribution in [2.45, 2.75) is 6.92 Å². The minimum atomic E-state index is 1.05. The first-order valence-electron chi connectivity index (χ1n) is 4.08. The van der Waals surface area contributed by atoms with E-state index in [-0.39, 0.29) is 0 Å². The smallest absolute Gasteiger partial charge is 0.0590 e. The Kier molecular flexibility index (Phi) is 6.24. The van der Waals surface area contributed by atoms with E-state index in [0.717, 1.165) is 5.69 Å². The summed E-state index contributed by atoms with van der Waals surface area (Å²) in [5, 5.41) is 5.46. The van der Waals surface area contributed by atoms with Crippen LogP contribution >= 0.6 is 0 Å².